The van der Waals surface area contributed by atoms with Gasteiger partial charge in [0.1, 0.15) is 5.75 Å². The second-order valence-electron chi connectivity index (χ2n) is 8.95. The number of ether oxygens (including phenoxy) is 3. The molecule has 196 valence electrons. The Kier molecular flexibility index (Phi) is 7.21. The van der Waals surface area contributed by atoms with Gasteiger partial charge in [0, 0.05) is 32.7 Å². The molecule has 0 aliphatic carbocycles. The Labute approximate surface area is 228 Å². The fourth-order valence-corrected chi connectivity index (χ4v) is 6.12. The molecule has 0 atom stereocenters. The molecule has 1 amide bonds. The van der Waals surface area contributed by atoms with Gasteiger partial charge in [-0.3, -0.25) is 14.3 Å². The molecule has 6 rings (SSSR count). The van der Waals surface area contributed by atoms with Crippen molar-refractivity contribution < 1.29 is 19.0 Å². The lowest BCUT2D eigenvalue weighted by molar-refractivity contribution is -0.130. The molecular weight excluding hydrogens is 522 g/mol. The highest BCUT2D eigenvalue weighted by Gasteiger charge is 2.24. The molecule has 2 aliphatic heterocycles. The third kappa shape index (κ3) is 5.22. The summed E-state index contributed by atoms with van der Waals surface area (Å²) < 4.78 is 18.2. The predicted molar refractivity (Wildman–Crippen MR) is 146 cm³/mol. The molecule has 38 heavy (non-hydrogen) atoms. The van der Waals surface area contributed by atoms with Gasteiger partial charge >= 0.3 is 0 Å². The van der Waals surface area contributed by atoms with Gasteiger partial charge in [0.15, 0.2) is 22.5 Å². The number of thiophene rings is 1. The molecule has 9 nitrogen and oxygen atoms in total. The van der Waals surface area contributed by atoms with E-state index < -0.39 is 0 Å². The minimum Gasteiger partial charge on any atom is -0.497 e. The first-order chi connectivity index (χ1) is 18.7. The van der Waals surface area contributed by atoms with Gasteiger partial charge in [0.2, 0.25) is 12.7 Å². The van der Waals surface area contributed by atoms with E-state index >= 15 is 0 Å². The summed E-state index contributed by atoms with van der Waals surface area (Å²) >= 11 is 3.03. The number of nitrogens with zero attached hydrogens (tertiary/aromatic N) is 5. The maximum Gasteiger partial charge on any atom is 0.233 e. The zero-order chi connectivity index (χ0) is 25.9. The molecule has 0 N–H and O–H groups in total. The molecule has 0 bridgehead atoms. The maximum absolute atomic E-state index is 13.1. The fourth-order valence-electron chi connectivity index (χ4n) is 4.56. The monoisotopic (exact) mass is 549 g/mol. The molecule has 2 aromatic carbocycles. The number of carbonyl (C=O) groups is 1. The summed E-state index contributed by atoms with van der Waals surface area (Å²) in [7, 11) is 1.65. The van der Waals surface area contributed by atoms with Crippen LogP contribution in [0.3, 0.4) is 0 Å². The van der Waals surface area contributed by atoms with E-state index in [0.717, 1.165) is 53.3 Å². The molecule has 2 aliphatic rings. The number of piperazine rings is 1. The molecule has 4 heterocycles. The van der Waals surface area contributed by atoms with Crippen molar-refractivity contribution in [2.75, 3.05) is 45.8 Å². The first-order valence-electron chi connectivity index (χ1n) is 12.3. The molecular formula is C27H27N5O4S2. The number of thioether (sulfide) groups is 1. The highest BCUT2D eigenvalue weighted by atomic mass is 32.2. The Morgan fingerprint density at radius 2 is 1.84 bits per heavy atom. The number of hydrogen-bond acceptors (Lipinski definition) is 9. The lowest BCUT2D eigenvalue weighted by Crippen LogP contribution is -2.48. The molecule has 11 heteroatoms. The predicted octanol–water partition coefficient (Wildman–Crippen LogP) is 4.17. The minimum absolute atomic E-state index is 0.111. The first-order valence-corrected chi connectivity index (χ1v) is 14.2. The number of methoxy groups -OCH3 is 1. The molecule has 0 spiro atoms. The van der Waals surface area contributed by atoms with Gasteiger partial charge in [-0.2, -0.15) is 0 Å². The van der Waals surface area contributed by atoms with Gasteiger partial charge in [-0.1, -0.05) is 23.9 Å². The molecule has 1 saturated heterocycles. The maximum atomic E-state index is 13.1. The fraction of sp³-hybridized carbons (Fsp3) is 0.296. The standard InChI is InChI=1S/C27H27N5O4S2/c1-34-21-7-5-20(6-8-21)32-26(24-3-2-14-37-24)28-29-27(32)38-17-25(33)31-12-10-30(11-13-31)16-19-4-9-22-23(15-19)36-18-35-22/h2-9,14-15H,10-13,16-18H2,1H3. The highest BCUT2D eigenvalue weighted by molar-refractivity contribution is 7.99. The summed E-state index contributed by atoms with van der Waals surface area (Å²) in [6.45, 7) is 4.17. The lowest BCUT2D eigenvalue weighted by Gasteiger charge is -2.34. The van der Waals surface area contributed by atoms with Crippen LogP contribution >= 0.6 is 23.1 Å². The number of amides is 1. The van der Waals surface area contributed by atoms with Crippen LogP contribution < -0.4 is 14.2 Å². The summed E-state index contributed by atoms with van der Waals surface area (Å²) in [5.74, 6) is 3.56. The number of fused-ring (bicyclic) bond motifs is 1. The van der Waals surface area contributed by atoms with Crippen LogP contribution in [0.2, 0.25) is 0 Å². The zero-order valence-corrected chi connectivity index (χ0v) is 22.5. The summed E-state index contributed by atoms with van der Waals surface area (Å²) in [6, 6.07) is 17.9. The van der Waals surface area contributed by atoms with Gasteiger partial charge in [-0.05, 0) is 53.4 Å². The normalized spacial score (nSPS) is 15.1. The molecule has 4 aromatic rings. The third-order valence-electron chi connectivity index (χ3n) is 6.60. The molecule has 0 radical (unpaired) electrons. The van der Waals surface area contributed by atoms with Gasteiger partial charge in [0.05, 0.1) is 23.4 Å². The average molecular weight is 550 g/mol. The number of aromatic nitrogens is 3. The van der Waals surface area contributed by atoms with E-state index in [1.165, 1.54) is 17.3 Å². The van der Waals surface area contributed by atoms with Crippen LogP contribution in [0.4, 0.5) is 0 Å². The van der Waals surface area contributed by atoms with Crippen LogP contribution in [0.1, 0.15) is 5.56 Å². The van der Waals surface area contributed by atoms with Crippen molar-refractivity contribution in [3.05, 3.63) is 65.5 Å². The van der Waals surface area contributed by atoms with Gasteiger partial charge in [-0.25, -0.2) is 0 Å². The van der Waals surface area contributed by atoms with Crippen LogP contribution in [-0.2, 0) is 11.3 Å². The van der Waals surface area contributed by atoms with Crippen molar-refractivity contribution in [3.8, 4) is 33.6 Å². The van der Waals surface area contributed by atoms with Gasteiger partial charge in [0.25, 0.3) is 0 Å². The van der Waals surface area contributed by atoms with Crippen LogP contribution in [0.15, 0.2) is 65.1 Å². The third-order valence-corrected chi connectivity index (χ3v) is 8.38. The van der Waals surface area contributed by atoms with E-state index in [2.05, 4.69) is 21.2 Å². The molecule has 0 saturated carbocycles. The van der Waals surface area contributed by atoms with Crippen molar-refractivity contribution in [1.29, 1.82) is 0 Å². The minimum atomic E-state index is 0.111. The SMILES string of the molecule is COc1ccc(-n2c(SCC(=O)N3CCN(Cc4ccc5c(c4)OCO5)CC3)nnc2-c2cccs2)cc1. The summed E-state index contributed by atoms with van der Waals surface area (Å²) in [6.07, 6.45) is 0. The van der Waals surface area contributed by atoms with E-state index in [1.54, 1.807) is 18.4 Å². The van der Waals surface area contributed by atoms with Gasteiger partial charge in [-0.15, -0.1) is 21.5 Å². The smallest absolute Gasteiger partial charge is 0.233 e. The number of carbonyl (C=O) groups excluding carboxylic acids is 1. The second-order valence-corrected chi connectivity index (χ2v) is 10.8. The molecule has 2 aromatic heterocycles. The summed E-state index contributed by atoms with van der Waals surface area (Å²) in [4.78, 5) is 18.4. The molecule has 0 unspecified atom stereocenters. The average Bonchev–Trinajstić information content (AvgIpc) is 3.73. The summed E-state index contributed by atoms with van der Waals surface area (Å²) in [5, 5.41) is 11.6. The van der Waals surface area contributed by atoms with E-state index in [0.29, 0.717) is 24.0 Å². The quantitative estimate of drug-likeness (QED) is 0.303. The lowest BCUT2D eigenvalue weighted by atomic mass is 10.1. The van der Waals surface area contributed by atoms with Gasteiger partial charge < -0.3 is 19.1 Å². The van der Waals surface area contributed by atoms with Crippen molar-refractivity contribution >= 4 is 29.0 Å². The van der Waals surface area contributed by atoms with Crippen LogP contribution in [0, 0.1) is 0 Å². The Morgan fingerprint density at radius 3 is 2.61 bits per heavy atom. The topological polar surface area (TPSA) is 82.0 Å². The van der Waals surface area contributed by atoms with E-state index in [-0.39, 0.29) is 12.7 Å². The van der Waals surface area contributed by atoms with E-state index in [1.807, 2.05) is 63.4 Å². The zero-order valence-electron chi connectivity index (χ0n) is 20.9. The van der Waals surface area contributed by atoms with Crippen LogP contribution in [-0.4, -0.2) is 76.3 Å². The Morgan fingerprint density at radius 1 is 1.03 bits per heavy atom. The van der Waals surface area contributed by atoms with Crippen molar-refractivity contribution in [2.24, 2.45) is 0 Å². The largest absolute Gasteiger partial charge is 0.497 e. The number of benzene rings is 2. The van der Waals surface area contributed by atoms with Crippen molar-refractivity contribution in [2.45, 2.75) is 11.7 Å². The van der Waals surface area contributed by atoms with Crippen LogP contribution in [0.25, 0.3) is 16.4 Å². The highest BCUT2D eigenvalue weighted by Crippen LogP contribution is 2.33. The first kappa shape index (κ1) is 24.8. The van der Waals surface area contributed by atoms with Crippen molar-refractivity contribution in [3.63, 3.8) is 0 Å². The Hall–Kier alpha value is -3.54. The Bertz CT molecular complexity index is 1400. The van der Waals surface area contributed by atoms with E-state index in [4.69, 9.17) is 14.2 Å². The second kappa shape index (κ2) is 11.1. The van der Waals surface area contributed by atoms with E-state index in [9.17, 15) is 4.79 Å². The number of rotatable bonds is 8. The molecule has 1 fully saturated rings. The summed E-state index contributed by atoms with van der Waals surface area (Å²) in [5.41, 5.74) is 2.11. The number of hydrogen-bond donors (Lipinski definition) is 0. The van der Waals surface area contributed by atoms with Crippen LogP contribution in [0.5, 0.6) is 17.2 Å². The Balaban J connectivity index is 1.08. The van der Waals surface area contributed by atoms with Crippen molar-refractivity contribution in [1.82, 2.24) is 24.6 Å².